The lowest BCUT2D eigenvalue weighted by Crippen LogP contribution is -1.83. The second kappa shape index (κ2) is 19.5. The highest BCUT2D eigenvalue weighted by atomic mass is 16.2. The van der Waals surface area contributed by atoms with Gasteiger partial charge in [0.25, 0.3) is 0 Å². The van der Waals surface area contributed by atoms with Gasteiger partial charge in [-0.25, -0.2) is 0 Å². The van der Waals surface area contributed by atoms with Gasteiger partial charge in [-0.05, 0) is 12.8 Å². The smallest absolute Gasteiger partial charge is 0.0751 e. The van der Waals surface area contributed by atoms with Crippen LogP contribution in [-0.4, -0.2) is 5.11 Å². The summed E-state index contributed by atoms with van der Waals surface area (Å²) in [6.07, 6.45) is 26.7. The van der Waals surface area contributed by atoms with Crippen molar-refractivity contribution in [2.45, 2.75) is 116 Å². The second-order valence-electron chi connectivity index (χ2n) is 6.48. The van der Waals surface area contributed by atoms with Crippen LogP contribution >= 0.6 is 0 Å². The zero-order chi connectivity index (χ0) is 15.4. The highest BCUT2D eigenvalue weighted by Gasteiger charge is 1.94. The lowest BCUT2D eigenvalue weighted by atomic mass is 10.0. The molecule has 126 valence electrons. The van der Waals surface area contributed by atoms with E-state index in [2.05, 4.69) is 6.92 Å². The molecule has 1 N–H and O–H groups in total. The molecule has 0 amide bonds. The van der Waals surface area contributed by atoms with Crippen molar-refractivity contribution in [2.24, 2.45) is 0 Å². The van der Waals surface area contributed by atoms with E-state index < -0.39 is 0 Å². The van der Waals surface area contributed by atoms with Crippen molar-refractivity contribution in [3.63, 3.8) is 0 Å². The lowest BCUT2D eigenvalue weighted by molar-refractivity contribution is 0.469. The van der Waals surface area contributed by atoms with Crippen LogP contribution in [-0.2, 0) is 0 Å². The minimum Gasteiger partial charge on any atom is -0.516 e. The van der Waals surface area contributed by atoms with Crippen molar-refractivity contribution in [2.75, 3.05) is 0 Å². The number of aliphatic hydroxyl groups excluding tert-OH is 1. The Balaban J connectivity index is 2.93. The van der Waals surface area contributed by atoms with Crippen LogP contribution in [0.5, 0.6) is 0 Å². The first-order valence-electron chi connectivity index (χ1n) is 9.71. The second-order valence-corrected chi connectivity index (χ2v) is 6.48. The molecule has 0 fully saturated rings. The molecule has 0 saturated heterocycles. The number of allylic oxidation sites excluding steroid dienone is 1. The number of aliphatic hydroxyl groups is 1. The number of rotatable bonds is 17. The van der Waals surface area contributed by atoms with E-state index in [4.69, 9.17) is 5.11 Å². The summed E-state index contributed by atoms with van der Waals surface area (Å²) in [4.78, 5) is 0. The summed E-state index contributed by atoms with van der Waals surface area (Å²) in [5.41, 5.74) is 0. The lowest BCUT2D eigenvalue weighted by Gasteiger charge is -2.03. The van der Waals surface area contributed by atoms with Crippen molar-refractivity contribution in [3.8, 4) is 0 Å². The van der Waals surface area contributed by atoms with Crippen molar-refractivity contribution >= 4 is 0 Å². The molecule has 1 nitrogen and oxygen atoms in total. The van der Waals surface area contributed by atoms with Crippen LogP contribution in [0, 0.1) is 0 Å². The van der Waals surface area contributed by atoms with Crippen LogP contribution in [0.3, 0.4) is 0 Å². The SMILES string of the molecule is CCCCCCCCCCCCCCCCCC/C=C\O. The Bertz CT molecular complexity index is 198. The van der Waals surface area contributed by atoms with Gasteiger partial charge in [0.1, 0.15) is 0 Å². The quantitative estimate of drug-likeness (QED) is 0.215. The number of hydrogen-bond donors (Lipinski definition) is 1. The van der Waals surface area contributed by atoms with Crippen LogP contribution in [0.15, 0.2) is 12.3 Å². The van der Waals surface area contributed by atoms with Crippen molar-refractivity contribution in [1.29, 1.82) is 0 Å². The fourth-order valence-corrected chi connectivity index (χ4v) is 2.88. The van der Waals surface area contributed by atoms with Gasteiger partial charge < -0.3 is 5.11 Å². The molecule has 0 bridgehead atoms. The molecule has 0 aliphatic carbocycles. The van der Waals surface area contributed by atoms with Crippen molar-refractivity contribution < 1.29 is 5.11 Å². The molecule has 0 heterocycles. The van der Waals surface area contributed by atoms with E-state index in [9.17, 15) is 0 Å². The fourth-order valence-electron chi connectivity index (χ4n) is 2.88. The first-order chi connectivity index (χ1) is 10.4. The molecule has 1 heteroatoms. The van der Waals surface area contributed by atoms with E-state index in [1.807, 2.05) is 6.08 Å². The summed E-state index contributed by atoms with van der Waals surface area (Å²) in [7, 11) is 0. The van der Waals surface area contributed by atoms with Crippen molar-refractivity contribution in [3.05, 3.63) is 12.3 Å². The Morgan fingerprint density at radius 3 is 1.19 bits per heavy atom. The van der Waals surface area contributed by atoms with Gasteiger partial charge in [0, 0.05) is 0 Å². The van der Waals surface area contributed by atoms with Gasteiger partial charge in [-0.15, -0.1) is 0 Å². The Labute approximate surface area is 134 Å². The maximum atomic E-state index is 8.51. The summed E-state index contributed by atoms with van der Waals surface area (Å²) in [5.74, 6) is 0. The standard InChI is InChI=1S/C20H40O/c1-2-3-4-5-6-7-8-9-10-11-12-13-14-15-16-17-18-19-20-21/h19-21H,2-18H2,1H3/b20-19-. The average Bonchev–Trinajstić information content (AvgIpc) is 2.50. The Morgan fingerprint density at radius 2 is 0.857 bits per heavy atom. The highest BCUT2D eigenvalue weighted by Crippen LogP contribution is 2.13. The molecule has 0 rings (SSSR count). The van der Waals surface area contributed by atoms with Crippen molar-refractivity contribution in [1.82, 2.24) is 0 Å². The van der Waals surface area contributed by atoms with Gasteiger partial charge in [-0.1, -0.05) is 109 Å². The predicted molar refractivity (Wildman–Crippen MR) is 95.9 cm³/mol. The van der Waals surface area contributed by atoms with E-state index in [1.165, 1.54) is 109 Å². The Hall–Kier alpha value is -0.460. The van der Waals surface area contributed by atoms with Gasteiger partial charge in [0.15, 0.2) is 0 Å². The van der Waals surface area contributed by atoms with Crippen LogP contribution in [0.2, 0.25) is 0 Å². The molecule has 0 aliphatic heterocycles. The molecule has 21 heavy (non-hydrogen) atoms. The summed E-state index contributed by atoms with van der Waals surface area (Å²) in [6, 6.07) is 0. The van der Waals surface area contributed by atoms with E-state index in [0.29, 0.717) is 0 Å². The van der Waals surface area contributed by atoms with Gasteiger partial charge in [0.05, 0.1) is 6.26 Å². The highest BCUT2D eigenvalue weighted by molar-refractivity contribution is 4.70. The minimum absolute atomic E-state index is 1.04. The molecule has 0 spiro atoms. The summed E-state index contributed by atoms with van der Waals surface area (Å²) < 4.78 is 0. The number of hydrogen-bond acceptors (Lipinski definition) is 1. The first-order valence-corrected chi connectivity index (χ1v) is 9.71. The molecule has 0 saturated carbocycles. The van der Waals surface area contributed by atoms with Crippen LogP contribution in [0.4, 0.5) is 0 Å². The normalized spacial score (nSPS) is 11.5. The van der Waals surface area contributed by atoms with Crippen LogP contribution < -0.4 is 0 Å². The molecule has 0 aromatic rings. The average molecular weight is 297 g/mol. The topological polar surface area (TPSA) is 20.2 Å². The molecule has 0 aromatic carbocycles. The number of unbranched alkanes of at least 4 members (excludes halogenated alkanes) is 16. The summed E-state index contributed by atoms with van der Waals surface area (Å²) in [5, 5.41) is 8.51. The largest absolute Gasteiger partial charge is 0.516 e. The Kier molecular flexibility index (Phi) is 19.1. The van der Waals surface area contributed by atoms with Crippen LogP contribution in [0.25, 0.3) is 0 Å². The van der Waals surface area contributed by atoms with E-state index in [-0.39, 0.29) is 0 Å². The molecule has 0 atom stereocenters. The molecule has 0 aliphatic rings. The zero-order valence-corrected chi connectivity index (χ0v) is 14.6. The van der Waals surface area contributed by atoms with Gasteiger partial charge in [0.2, 0.25) is 0 Å². The molecule has 0 aromatic heterocycles. The third kappa shape index (κ3) is 19.5. The maximum absolute atomic E-state index is 8.51. The molecule has 0 unspecified atom stereocenters. The van der Waals surface area contributed by atoms with Gasteiger partial charge in [-0.3, -0.25) is 0 Å². The van der Waals surface area contributed by atoms with Gasteiger partial charge in [-0.2, -0.15) is 0 Å². The van der Waals surface area contributed by atoms with E-state index in [1.54, 1.807) is 0 Å². The minimum atomic E-state index is 1.04. The van der Waals surface area contributed by atoms with E-state index in [0.717, 1.165) is 6.42 Å². The fraction of sp³-hybridized carbons (Fsp3) is 0.900. The molecule has 0 radical (unpaired) electrons. The third-order valence-electron chi connectivity index (χ3n) is 4.33. The third-order valence-corrected chi connectivity index (χ3v) is 4.33. The monoisotopic (exact) mass is 296 g/mol. The summed E-state index contributed by atoms with van der Waals surface area (Å²) >= 11 is 0. The zero-order valence-electron chi connectivity index (χ0n) is 14.6. The molecular weight excluding hydrogens is 256 g/mol. The van der Waals surface area contributed by atoms with Crippen LogP contribution in [0.1, 0.15) is 116 Å². The molecular formula is C20H40O. The first kappa shape index (κ1) is 20.5. The predicted octanol–water partition coefficient (Wildman–Crippen LogP) is 7.71. The maximum Gasteiger partial charge on any atom is 0.0751 e. The van der Waals surface area contributed by atoms with E-state index >= 15 is 0 Å². The summed E-state index contributed by atoms with van der Waals surface area (Å²) in [6.45, 7) is 2.29. The van der Waals surface area contributed by atoms with Gasteiger partial charge >= 0.3 is 0 Å². The Morgan fingerprint density at radius 1 is 0.524 bits per heavy atom.